The number of aromatic nitrogens is 3. The first-order chi connectivity index (χ1) is 20.8. The van der Waals surface area contributed by atoms with Crippen molar-refractivity contribution in [3.63, 3.8) is 0 Å². The molecule has 228 valence electrons. The summed E-state index contributed by atoms with van der Waals surface area (Å²) in [6, 6.07) is 7.06. The van der Waals surface area contributed by atoms with E-state index >= 15 is 0 Å². The number of aliphatic imine (C=N–C) groups is 2. The van der Waals surface area contributed by atoms with Gasteiger partial charge in [-0.3, -0.25) is 9.98 Å². The highest BCUT2D eigenvalue weighted by molar-refractivity contribution is 5.95. The first-order valence-corrected chi connectivity index (χ1v) is 17.7. The van der Waals surface area contributed by atoms with Gasteiger partial charge in [0.05, 0.1) is 5.69 Å². The van der Waals surface area contributed by atoms with Gasteiger partial charge in [-0.05, 0) is 151 Å². The quantitative estimate of drug-likeness (QED) is 0.294. The van der Waals surface area contributed by atoms with Gasteiger partial charge >= 0.3 is 0 Å². The van der Waals surface area contributed by atoms with Crippen molar-refractivity contribution in [3.8, 4) is 11.4 Å². The van der Waals surface area contributed by atoms with Crippen LogP contribution in [-0.2, 0) is 10.8 Å². The minimum Gasteiger partial charge on any atom is -0.294 e. The molecular weight excluding hydrogens is 526 g/mol. The Balaban J connectivity index is 1.19. The van der Waals surface area contributed by atoms with Crippen LogP contribution in [0.2, 0.25) is 0 Å². The van der Waals surface area contributed by atoms with Gasteiger partial charge in [0.25, 0.3) is 0 Å². The second-order valence-electron chi connectivity index (χ2n) is 16.3. The summed E-state index contributed by atoms with van der Waals surface area (Å²) in [5.41, 5.74) is 4.75. The molecule has 8 aliphatic carbocycles. The van der Waals surface area contributed by atoms with Crippen LogP contribution in [0.3, 0.4) is 0 Å². The molecule has 2 aromatic rings. The molecule has 1 aromatic carbocycles. The van der Waals surface area contributed by atoms with Crippen molar-refractivity contribution in [3.05, 3.63) is 35.4 Å². The topological polar surface area (TPSA) is 63.4 Å². The molecule has 5 heteroatoms. The Morgan fingerprint density at radius 2 is 1.30 bits per heavy atom. The predicted octanol–water partition coefficient (Wildman–Crippen LogP) is 9.13. The minimum absolute atomic E-state index is 0.167. The molecule has 1 aromatic heterocycles. The standard InChI is InChI=1S/C38H51N5/c1-5-24(3)39-9-8-25(4)40-33-16-32(7-6-23(33)2)34-41-35(37-17-26-10-27(18-37)12-28(11-26)19-37)43-36(42-34)38-20-29-13-30(21-38)15-31(14-29)22-38/h6-7,9,16,24,26-31H,5,8,10-15,17-22H2,1-4H3. The first kappa shape index (κ1) is 28.1. The molecule has 10 rings (SSSR count). The molecule has 0 amide bonds. The molecule has 0 aliphatic heterocycles. The van der Waals surface area contributed by atoms with E-state index in [-0.39, 0.29) is 10.8 Å². The van der Waals surface area contributed by atoms with E-state index in [1.54, 1.807) is 0 Å². The van der Waals surface area contributed by atoms with E-state index in [1.165, 1.54) is 82.6 Å². The number of hydrogen-bond acceptors (Lipinski definition) is 5. The van der Waals surface area contributed by atoms with Crippen LogP contribution < -0.4 is 0 Å². The molecule has 8 fully saturated rings. The van der Waals surface area contributed by atoms with Gasteiger partial charge in [0.1, 0.15) is 11.6 Å². The molecule has 0 radical (unpaired) electrons. The summed E-state index contributed by atoms with van der Waals surface area (Å²) in [4.78, 5) is 26.3. The minimum atomic E-state index is 0.167. The van der Waals surface area contributed by atoms with Crippen molar-refractivity contribution >= 4 is 17.6 Å². The Bertz CT molecular complexity index is 1320. The molecule has 0 spiro atoms. The van der Waals surface area contributed by atoms with Crippen LogP contribution >= 0.6 is 0 Å². The Morgan fingerprint density at radius 1 is 0.814 bits per heavy atom. The lowest BCUT2D eigenvalue weighted by atomic mass is 9.49. The second-order valence-corrected chi connectivity index (χ2v) is 16.3. The fraction of sp³-hybridized carbons (Fsp3) is 0.711. The fourth-order valence-electron chi connectivity index (χ4n) is 11.3. The maximum absolute atomic E-state index is 5.62. The SMILES string of the molecule is CCC(C)N=CCC(C)=Nc1cc(-c2nc(C34CC5CC(CC(C5)C3)C4)nc(C34CC5CC(CC(C5)C3)C4)n2)ccc1C. The highest BCUT2D eigenvalue weighted by Gasteiger charge is 2.56. The normalized spacial score (nSPS) is 38.4. The number of benzene rings is 1. The third-order valence-corrected chi connectivity index (χ3v) is 12.8. The van der Waals surface area contributed by atoms with Gasteiger partial charge in [0, 0.05) is 40.8 Å². The molecule has 43 heavy (non-hydrogen) atoms. The van der Waals surface area contributed by atoms with Crippen molar-refractivity contribution in [2.45, 2.75) is 134 Å². The van der Waals surface area contributed by atoms with Crippen LogP contribution in [0.4, 0.5) is 5.69 Å². The summed E-state index contributed by atoms with van der Waals surface area (Å²) < 4.78 is 0. The number of hydrogen-bond donors (Lipinski definition) is 0. The lowest BCUT2D eigenvalue weighted by Gasteiger charge is -2.57. The van der Waals surface area contributed by atoms with E-state index < -0.39 is 0 Å². The van der Waals surface area contributed by atoms with E-state index in [1.807, 2.05) is 6.21 Å². The largest absolute Gasteiger partial charge is 0.294 e. The molecule has 5 nitrogen and oxygen atoms in total. The monoisotopic (exact) mass is 577 g/mol. The summed E-state index contributed by atoms with van der Waals surface area (Å²) in [7, 11) is 0. The van der Waals surface area contributed by atoms with Crippen molar-refractivity contribution in [1.82, 2.24) is 15.0 Å². The van der Waals surface area contributed by atoms with Gasteiger partial charge in [-0.1, -0.05) is 19.1 Å². The van der Waals surface area contributed by atoms with Crippen LogP contribution in [0.15, 0.2) is 28.2 Å². The van der Waals surface area contributed by atoms with Gasteiger partial charge < -0.3 is 0 Å². The van der Waals surface area contributed by atoms with E-state index in [2.05, 4.69) is 50.9 Å². The zero-order chi connectivity index (χ0) is 29.3. The average Bonchev–Trinajstić information content (AvgIpc) is 2.96. The third-order valence-electron chi connectivity index (χ3n) is 12.8. The van der Waals surface area contributed by atoms with Gasteiger partial charge in [0.15, 0.2) is 5.82 Å². The Morgan fingerprint density at radius 3 is 1.77 bits per heavy atom. The van der Waals surface area contributed by atoms with Gasteiger partial charge in [-0.15, -0.1) is 0 Å². The lowest BCUT2D eigenvalue weighted by molar-refractivity contribution is -0.0155. The Labute approximate surface area is 258 Å². The van der Waals surface area contributed by atoms with Crippen molar-refractivity contribution in [1.29, 1.82) is 0 Å². The summed E-state index contributed by atoms with van der Waals surface area (Å²) in [5, 5.41) is 0. The molecule has 0 saturated heterocycles. The van der Waals surface area contributed by atoms with Gasteiger partial charge in [-0.25, -0.2) is 15.0 Å². The lowest BCUT2D eigenvalue weighted by Crippen LogP contribution is -2.51. The van der Waals surface area contributed by atoms with Crippen LogP contribution in [-0.4, -0.2) is 32.9 Å². The fourth-order valence-corrected chi connectivity index (χ4v) is 11.3. The first-order valence-electron chi connectivity index (χ1n) is 17.7. The Kier molecular flexibility index (Phi) is 6.91. The predicted molar refractivity (Wildman–Crippen MR) is 175 cm³/mol. The van der Waals surface area contributed by atoms with Crippen molar-refractivity contribution in [2.24, 2.45) is 45.5 Å². The number of aryl methyl sites for hydroxylation is 1. The van der Waals surface area contributed by atoms with Crippen molar-refractivity contribution in [2.75, 3.05) is 0 Å². The van der Waals surface area contributed by atoms with Crippen LogP contribution in [0.1, 0.15) is 128 Å². The van der Waals surface area contributed by atoms with E-state index in [0.29, 0.717) is 6.04 Å². The highest BCUT2D eigenvalue weighted by atomic mass is 15.1. The van der Waals surface area contributed by atoms with Crippen molar-refractivity contribution < 1.29 is 0 Å². The average molecular weight is 578 g/mol. The maximum Gasteiger partial charge on any atom is 0.163 e. The zero-order valence-corrected chi connectivity index (χ0v) is 27.0. The summed E-state index contributed by atoms with van der Waals surface area (Å²) in [6.07, 6.45) is 20.3. The highest BCUT2D eigenvalue weighted by Crippen LogP contribution is 2.62. The van der Waals surface area contributed by atoms with E-state index in [4.69, 9.17) is 19.9 Å². The third kappa shape index (κ3) is 5.11. The van der Waals surface area contributed by atoms with Gasteiger partial charge in [0.2, 0.25) is 0 Å². The summed E-state index contributed by atoms with van der Waals surface area (Å²) >= 11 is 0. The summed E-state index contributed by atoms with van der Waals surface area (Å²) in [5.74, 6) is 8.48. The molecule has 8 saturated carbocycles. The zero-order valence-electron chi connectivity index (χ0n) is 27.0. The van der Waals surface area contributed by atoms with E-state index in [9.17, 15) is 0 Å². The molecule has 1 unspecified atom stereocenters. The molecule has 0 N–H and O–H groups in total. The number of rotatable bonds is 8. The molecule has 1 atom stereocenters. The second kappa shape index (κ2) is 10.6. The van der Waals surface area contributed by atoms with Crippen LogP contribution in [0.25, 0.3) is 11.4 Å². The number of nitrogens with zero attached hydrogens (tertiary/aromatic N) is 5. The van der Waals surface area contributed by atoms with Crippen LogP contribution in [0, 0.1) is 42.4 Å². The maximum atomic E-state index is 5.62. The Hall–Kier alpha value is -2.43. The van der Waals surface area contributed by atoms with E-state index in [0.717, 1.165) is 82.8 Å². The smallest absolute Gasteiger partial charge is 0.163 e. The molecular formula is C38H51N5. The summed E-state index contributed by atoms with van der Waals surface area (Å²) in [6.45, 7) is 8.63. The van der Waals surface area contributed by atoms with Gasteiger partial charge in [-0.2, -0.15) is 0 Å². The molecule has 8 bridgehead atoms. The van der Waals surface area contributed by atoms with Crippen LogP contribution in [0.5, 0.6) is 0 Å². The molecule has 1 heterocycles. The molecule has 8 aliphatic rings.